The van der Waals surface area contributed by atoms with E-state index in [9.17, 15) is 0 Å². The Morgan fingerprint density at radius 1 is 1.00 bits per heavy atom. The quantitative estimate of drug-likeness (QED) is 0.322. The van der Waals surface area contributed by atoms with Crippen LogP contribution in [-0.4, -0.2) is 5.48 Å². The largest absolute Gasteiger partial charge is 2.00 e. The van der Waals surface area contributed by atoms with Gasteiger partial charge in [-0.2, -0.15) is 0 Å². The Labute approximate surface area is 86.8 Å². The Balaban J connectivity index is 0. The van der Waals surface area contributed by atoms with Crippen LogP contribution in [-0.2, 0) is 19.5 Å². The maximum absolute atomic E-state index is 0. The van der Waals surface area contributed by atoms with E-state index in [-0.39, 0.29) is 88.7 Å². The van der Waals surface area contributed by atoms with E-state index in [0.717, 1.165) is 0 Å². The maximum Gasteiger partial charge on any atom is 2.00 e. The average Bonchev–Trinajstić information content (AvgIpc) is 0. The van der Waals surface area contributed by atoms with Crippen molar-refractivity contribution in [2.75, 3.05) is 0 Å². The predicted octanol–water partition coefficient (Wildman–Crippen LogP) is -6.17. The first kappa shape index (κ1) is 31.4. The SMILES string of the molecule is [Cl-].[K+].[OH-].[Zn+2]. The van der Waals surface area contributed by atoms with Crippen molar-refractivity contribution in [3.05, 3.63) is 0 Å². The number of hydrogen-bond acceptors (Lipinski definition) is 1. The molecule has 1 N–H and O–H groups in total. The summed E-state index contributed by atoms with van der Waals surface area (Å²) in [5.74, 6) is 0. The van der Waals surface area contributed by atoms with Gasteiger partial charge in [-0.05, 0) is 0 Å². The van der Waals surface area contributed by atoms with E-state index in [2.05, 4.69) is 0 Å². The number of hydrogen-bond donors (Lipinski definition) is 0. The molecule has 0 amide bonds. The minimum atomic E-state index is 0. The van der Waals surface area contributed by atoms with Crippen molar-refractivity contribution in [2.24, 2.45) is 0 Å². The van der Waals surface area contributed by atoms with E-state index in [1.54, 1.807) is 0 Å². The van der Waals surface area contributed by atoms with Gasteiger partial charge in [0.25, 0.3) is 0 Å². The first-order valence-corrected chi connectivity index (χ1v) is 0. The molecular formula is HClKOZn+. The summed E-state index contributed by atoms with van der Waals surface area (Å²) in [7, 11) is 0. The number of rotatable bonds is 0. The molecule has 0 atom stereocenters. The van der Waals surface area contributed by atoms with E-state index >= 15 is 0 Å². The molecule has 0 saturated carbocycles. The summed E-state index contributed by atoms with van der Waals surface area (Å²) in [6.07, 6.45) is 0. The molecular weight excluding hydrogens is 156 g/mol. The van der Waals surface area contributed by atoms with E-state index < -0.39 is 0 Å². The molecule has 0 spiro atoms. The van der Waals surface area contributed by atoms with Gasteiger partial charge in [0, 0.05) is 0 Å². The smallest absolute Gasteiger partial charge is 1.00 e. The van der Waals surface area contributed by atoms with Gasteiger partial charge >= 0.3 is 70.9 Å². The maximum atomic E-state index is 0. The van der Waals surface area contributed by atoms with Gasteiger partial charge in [-0.25, -0.2) is 0 Å². The second kappa shape index (κ2) is 17.8. The Bertz CT molecular complexity index is 8.00. The zero-order valence-corrected chi connectivity index (χ0v) is 9.38. The molecule has 0 radical (unpaired) electrons. The van der Waals surface area contributed by atoms with E-state index in [0.29, 0.717) is 0 Å². The van der Waals surface area contributed by atoms with Crippen LogP contribution in [0.4, 0.5) is 0 Å². The second-order valence-electron chi connectivity index (χ2n) is 0. The zero-order valence-electron chi connectivity index (χ0n) is 2.53. The van der Waals surface area contributed by atoms with Crippen molar-refractivity contribution in [3.8, 4) is 0 Å². The van der Waals surface area contributed by atoms with Crippen LogP contribution in [0.2, 0.25) is 0 Å². The van der Waals surface area contributed by atoms with Gasteiger partial charge in [0.2, 0.25) is 0 Å². The predicted molar refractivity (Wildman–Crippen MR) is 1.94 cm³/mol. The van der Waals surface area contributed by atoms with E-state index in [1.165, 1.54) is 0 Å². The summed E-state index contributed by atoms with van der Waals surface area (Å²) >= 11 is 0. The summed E-state index contributed by atoms with van der Waals surface area (Å²) in [6.45, 7) is 0. The minimum absolute atomic E-state index is 0. The van der Waals surface area contributed by atoms with E-state index in [1.807, 2.05) is 0 Å². The van der Waals surface area contributed by atoms with Crippen LogP contribution in [0.25, 0.3) is 0 Å². The standard InChI is InChI=1S/ClH.K.H2O.Zn/h1H;;1H2;/q;+1;;+2/p-2. The van der Waals surface area contributed by atoms with Gasteiger partial charge in [0.1, 0.15) is 0 Å². The molecule has 0 aliphatic heterocycles. The van der Waals surface area contributed by atoms with Crippen LogP contribution in [0.3, 0.4) is 0 Å². The van der Waals surface area contributed by atoms with Crippen molar-refractivity contribution in [1.82, 2.24) is 0 Å². The second-order valence-corrected chi connectivity index (χ2v) is 0. The molecule has 0 fully saturated rings. The molecule has 0 bridgehead atoms. The van der Waals surface area contributed by atoms with Crippen LogP contribution in [0.5, 0.6) is 0 Å². The molecule has 1 nitrogen and oxygen atoms in total. The van der Waals surface area contributed by atoms with Crippen LogP contribution < -0.4 is 63.8 Å². The Morgan fingerprint density at radius 3 is 1.00 bits per heavy atom. The molecule has 0 aromatic rings. The third kappa shape index (κ3) is 8.82. The molecule has 4 heteroatoms. The minimum Gasteiger partial charge on any atom is -1.00 e. The normalized spacial score (nSPS) is 0. The third-order valence-corrected chi connectivity index (χ3v) is 0. The summed E-state index contributed by atoms with van der Waals surface area (Å²) in [5, 5.41) is 0. The molecule has 0 aromatic carbocycles. The Morgan fingerprint density at radius 2 is 1.00 bits per heavy atom. The molecule has 0 heterocycles. The first-order valence-electron chi connectivity index (χ1n) is 0. The third-order valence-electron chi connectivity index (χ3n) is 0. The van der Waals surface area contributed by atoms with Gasteiger partial charge < -0.3 is 17.9 Å². The zero-order chi connectivity index (χ0) is 0. The molecule has 0 aromatic heterocycles. The molecule has 4 heavy (non-hydrogen) atoms. The van der Waals surface area contributed by atoms with Gasteiger partial charge in [-0.15, -0.1) is 0 Å². The fourth-order valence-corrected chi connectivity index (χ4v) is 0. The molecule has 0 saturated heterocycles. The van der Waals surface area contributed by atoms with Crippen LogP contribution >= 0.6 is 0 Å². The van der Waals surface area contributed by atoms with E-state index in [4.69, 9.17) is 0 Å². The van der Waals surface area contributed by atoms with Gasteiger partial charge in [0.15, 0.2) is 0 Å². The molecule has 16 valence electrons. The summed E-state index contributed by atoms with van der Waals surface area (Å²) in [5.41, 5.74) is 0. The van der Waals surface area contributed by atoms with Crippen molar-refractivity contribution in [1.29, 1.82) is 0 Å². The molecule has 0 aliphatic carbocycles. The van der Waals surface area contributed by atoms with Gasteiger partial charge in [-0.3, -0.25) is 0 Å². The van der Waals surface area contributed by atoms with Crippen molar-refractivity contribution >= 4 is 0 Å². The van der Waals surface area contributed by atoms with Gasteiger partial charge in [-0.1, -0.05) is 0 Å². The topological polar surface area (TPSA) is 30.0 Å². The summed E-state index contributed by atoms with van der Waals surface area (Å²) in [4.78, 5) is 0. The molecule has 0 aliphatic rings. The van der Waals surface area contributed by atoms with Crippen molar-refractivity contribution < 1.29 is 88.7 Å². The van der Waals surface area contributed by atoms with Crippen LogP contribution in [0, 0.1) is 0 Å². The van der Waals surface area contributed by atoms with Gasteiger partial charge in [0.05, 0.1) is 0 Å². The average molecular weight is 157 g/mol. The van der Waals surface area contributed by atoms with Crippen LogP contribution in [0.1, 0.15) is 0 Å². The van der Waals surface area contributed by atoms with Crippen molar-refractivity contribution in [3.63, 3.8) is 0 Å². The number of halogens is 1. The van der Waals surface area contributed by atoms with Crippen molar-refractivity contribution in [2.45, 2.75) is 0 Å². The summed E-state index contributed by atoms with van der Waals surface area (Å²) < 4.78 is 0. The first-order chi connectivity index (χ1) is 0. The summed E-state index contributed by atoms with van der Waals surface area (Å²) in [6, 6.07) is 0. The fraction of sp³-hybridized carbons (Fsp3) is 0. The molecule has 0 unspecified atom stereocenters. The van der Waals surface area contributed by atoms with Crippen LogP contribution in [0.15, 0.2) is 0 Å². The fourth-order valence-electron chi connectivity index (χ4n) is 0. The monoisotopic (exact) mass is 155 g/mol. The molecule has 0 rings (SSSR count). The Hall–Kier alpha value is 2.51. The Kier molecular flexibility index (Phi) is 140.